The topological polar surface area (TPSA) is 25.8 Å². The molecule has 0 aliphatic carbocycles. The van der Waals surface area contributed by atoms with Crippen LogP contribution in [0.5, 0.6) is 0 Å². The highest BCUT2D eigenvalue weighted by atomic mass is 32.1. The van der Waals surface area contributed by atoms with Crippen LogP contribution >= 0.6 is 25.3 Å². The standard InChI is InChI=1S/C5H6N2S2/c1-3-6-4(8)2-5(9)7-3/h2H,1H3,(H2,6,7,8,9). The van der Waals surface area contributed by atoms with Crippen LogP contribution in [0.3, 0.4) is 0 Å². The van der Waals surface area contributed by atoms with E-state index in [0.29, 0.717) is 15.9 Å². The normalized spacial score (nSPS) is 9.67. The Morgan fingerprint density at radius 2 is 1.67 bits per heavy atom. The van der Waals surface area contributed by atoms with Crippen molar-refractivity contribution in [2.45, 2.75) is 17.0 Å². The van der Waals surface area contributed by atoms with Crippen LogP contribution in [0.2, 0.25) is 0 Å². The van der Waals surface area contributed by atoms with E-state index in [-0.39, 0.29) is 0 Å². The van der Waals surface area contributed by atoms with E-state index < -0.39 is 0 Å². The van der Waals surface area contributed by atoms with Crippen molar-refractivity contribution in [2.24, 2.45) is 0 Å². The number of hydrogen-bond donors (Lipinski definition) is 2. The van der Waals surface area contributed by atoms with Gasteiger partial charge in [0.25, 0.3) is 0 Å². The predicted molar refractivity (Wildman–Crippen MR) is 41.3 cm³/mol. The fourth-order valence-corrected chi connectivity index (χ4v) is 1.17. The summed E-state index contributed by atoms with van der Waals surface area (Å²) in [4.78, 5) is 7.88. The maximum absolute atomic E-state index is 4.02. The number of rotatable bonds is 0. The van der Waals surface area contributed by atoms with E-state index in [2.05, 4.69) is 35.2 Å². The highest BCUT2D eigenvalue weighted by Crippen LogP contribution is 2.07. The predicted octanol–water partition coefficient (Wildman–Crippen LogP) is 1.36. The Labute approximate surface area is 64.5 Å². The summed E-state index contributed by atoms with van der Waals surface area (Å²) < 4.78 is 0. The van der Waals surface area contributed by atoms with Gasteiger partial charge in [0, 0.05) is 6.07 Å². The van der Waals surface area contributed by atoms with Crippen LogP contribution in [0.25, 0.3) is 0 Å². The van der Waals surface area contributed by atoms with Crippen LogP contribution in [0.1, 0.15) is 5.82 Å². The van der Waals surface area contributed by atoms with Crippen molar-refractivity contribution in [3.05, 3.63) is 11.9 Å². The summed E-state index contributed by atoms with van der Waals surface area (Å²) in [6.07, 6.45) is 0. The summed E-state index contributed by atoms with van der Waals surface area (Å²) in [5.74, 6) is 0.701. The molecule has 1 aromatic rings. The number of aryl methyl sites for hydroxylation is 1. The average molecular weight is 158 g/mol. The number of nitrogens with zero attached hydrogens (tertiary/aromatic N) is 2. The second-order valence-electron chi connectivity index (χ2n) is 1.63. The van der Waals surface area contributed by atoms with Gasteiger partial charge in [-0.2, -0.15) is 0 Å². The van der Waals surface area contributed by atoms with Gasteiger partial charge in [-0.15, -0.1) is 25.3 Å². The largest absolute Gasteiger partial charge is 0.227 e. The molecule has 0 saturated carbocycles. The van der Waals surface area contributed by atoms with Crippen LogP contribution < -0.4 is 0 Å². The first-order valence-corrected chi connectivity index (χ1v) is 3.31. The van der Waals surface area contributed by atoms with Crippen LogP contribution in [-0.4, -0.2) is 9.97 Å². The molecule has 1 aromatic heterocycles. The number of aromatic nitrogens is 2. The zero-order chi connectivity index (χ0) is 6.85. The third-order valence-electron chi connectivity index (χ3n) is 0.811. The summed E-state index contributed by atoms with van der Waals surface area (Å²) >= 11 is 8.05. The smallest absolute Gasteiger partial charge is 0.127 e. The molecule has 0 bridgehead atoms. The fraction of sp³-hybridized carbons (Fsp3) is 0.200. The molecule has 0 amide bonds. The summed E-state index contributed by atoms with van der Waals surface area (Å²) in [6, 6.07) is 1.69. The Morgan fingerprint density at radius 1 is 1.22 bits per heavy atom. The number of thiol groups is 2. The zero-order valence-electron chi connectivity index (χ0n) is 4.87. The highest BCUT2D eigenvalue weighted by molar-refractivity contribution is 7.81. The lowest BCUT2D eigenvalue weighted by atomic mass is 10.6. The minimum atomic E-state index is 0.660. The number of hydrogen-bond acceptors (Lipinski definition) is 4. The van der Waals surface area contributed by atoms with Gasteiger partial charge in [-0.25, -0.2) is 9.97 Å². The Morgan fingerprint density at radius 3 is 2.00 bits per heavy atom. The van der Waals surface area contributed by atoms with Gasteiger partial charge in [0.05, 0.1) is 10.1 Å². The lowest BCUT2D eigenvalue weighted by Crippen LogP contribution is -1.87. The molecule has 0 unspecified atom stereocenters. The van der Waals surface area contributed by atoms with Crippen molar-refractivity contribution < 1.29 is 0 Å². The van der Waals surface area contributed by atoms with Crippen LogP contribution in [0.15, 0.2) is 16.1 Å². The molecule has 0 N–H and O–H groups in total. The minimum Gasteiger partial charge on any atom is -0.227 e. The molecule has 1 rings (SSSR count). The molecule has 9 heavy (non-hydrogen) atoms. The first kappa shape index (κ1) is 6.89. The van der Waals surface area contributed by atoms with Gasteiger partial charge < -0.3 is 0 Å². The summed E-state index contributed by atoms with van der Waals surface area (Å²) in [6.45, 7) is 1.80. The Kier molecular flexibility index (Phi) is 1.97. The highest BCUT2D eigenvalue weighted by Gasteiger charge is 1.91. The van der Waals surface area contributed by atoms with Gasteiger partial charge in [0.2, 0.25) is 0 Å². The van der Waals surface area contributed by atoms with E-state index in [1.54, 1.807) is 13.0 Å². The van der Waals surface area contributed by atoms with Crippen molar-refractivity contribution in [1.29, 1.82) is 0 Å². The molecular formula is C5H6N2S2. The van der Waals surface area contributed by atoms with Gasteiger partial charge in [0.15, 0.2) is 0 Å². The molecule has 0 spiro atoms. The van der Waals surface area contributed by atoms with Crippen LogP contribution in [-0.2, 0) is 0 Å². The molecule has 48 valence electrons. The molecule has 2 nitrogen and oxygen atoms in total. The van der Waals surface area contributed by atoms with E-state index >= 15 is 0 Å². The average Bonchev–Trinajstić information content (AvgIpc) is 1.59. The Bertz CT molecular complexity index is 174. The van der Waals surface area contributed by atoms with Gasteiger partial charge in [-0.3, -0.25) is 0 Å². The Hall–Kier alpha value is -0.220. The van der Waals surface area contributed by atoms with E-state index in [0.717, 1.165) is 0 Å². The third-order valence-corrected chi connectivity index (χ3v) is 1.27. The Balaban J connectivity index is 3.17. The van der Waals surface area contributed by atoms with E-state index in [4.69, 9.17) is 0 Å². The molecular weight excluding hydrogens is 152 g/mol. The zero-order valence-corrected chi connectivity index (χ0v) is 6.66. The second-order valence-corrected chi connectivity index (χ2v) is 2.55. The lowest BCUT2D eigenvalue weighted by Gasteiger charge is -1.93. The molecule has 0 fully saturated rings. The second kappa shape index (κ2) is 2.58. The first-order valence-electron chi connectivity index (χ1n) is 2.42. The summed E-state index contributed by atoms with van der Waals surface area (Å²) in [5.41, 5.74) is 0. The van der Waals surface area contributed by atoms with Crippen molar-refractivity contribution >= 4 is 25.3 Å². The van der Waals surface area contributed by atoms with Gasteiger partial charge in [-0.1, -0.05) is 0 Å². The minimum absolute atomic E-state index is 0.660. The van der Waals surface area contributed by atoms with Gasteiger partial charge in [0.1, 0.15) is 5.82 Å². The molecule has 0 radical (unpaired) electrons. The molecule has 0 aliphatic heterocycles. The lowest BCUT2D eigenvalue weighted by molar-refractivity contribution is 0.905. The summed E-state index contributed by atoms with van der Waals surface area (Å²) in [7, 11) is 0. The molecule has 0 aromatic carbocycles. The molecule has 0 saturated heterocycles. The summed E-state index contributed by atoms with van der Waals surface area (Å²) in [5, 5.41) is 1.32. The molecule has 0 atom stereocenters. The van der Waals surface area contributed by atoms with Gasteiger partial charge in [-0.05, 0) is 6.92 Å². The van der Waals surface area contributed by atoms with E-state index in [9.17, 15) is 0 Å². The quantitative estimate of drug-likeness (QED) is 0.440. The van der Waals surface area contributed by atoms with Crippen molar-refractivity contribution in [2.75, 3.05) is 0 Å². The van der Waals surface area contributed by atoms with E-state index in [1.165, 1.54) is 0 Å². The maximum atomic E-state index is 4.02. The van der Waals surface area contributed by atoms with Crippen molar-refractivity contribution in [1.82, 2.24) is 9.97 Å². The SMILES string of the molecule is Cc1nc(S)cc(S)n1. The first-order chi connectivity index (χ1) is 4.18. The van der Waals surface area contributed by atoms with Crippen LogP contribution in [0, 0.1) is 6.92 Å². The molecule has 0 aliphatic rings. The molecule has 4 heteroatoms. The monoisotopic (exact) mass is 158 g/mol. The van der Waals surface area contributed by atoms with Crippen LogP contribution in [0.4, 0.5) is 0 Å². The molecule has 1 heterocycles. The van der Waals surface area contributed by atoms with Gasteiger partial charge >= 0.3 is 0 Å². The fourth-order valence-electron chi connectivity index (χ4n) is 0.537. The maximum Gasteiger partial charge on any atom is 0.127 e. The van der Waals surface area contributed by atoms with Crippen molar-refractivity contribution in [3.8, 4) is 0 Å². The third kappa shape index (κ3) is 1.87. The van der Waals surface area contributed by atoms with Crippen molar-refractivity contribution in [3.63, 3.8) is 0 Å². The van der Waals surface area contributed by atoms with E-state index in [1.807, 2.05) is 0 Å².